The van der Waals surface area contributed by atoms with E-state index < -0.39 is 11.8 Å². The number of anilines is 1. The summed E-state index contributed by atoms with van der Waals surface area (Å²) in [6, 6.07) is 14.8. The van der Waals surface area contributed by atoms with Gasteiger partial charge in [0.15, 0.2) is 5.82 Å². The number of ether oxygens (including phenoxy) is 1. The summed E-state index contributed by atoms with van der Waals surface area (Å²) >= 11 is 1.49. The highest BCUT2D eigenvalue weighted by Gasteiger charge is 2.15. The fourth-order valence-electron chi connectivity index (χ4n) is 3.08. The molecule has 4 aromatic rings. The molecular formula is C22H21N5O3S. The maximum absolute atomic E-state index is 12.1. The van der Waals surface area contributed by atoms with Gasteiger partial charge in [-0.3, -0.25) is 9.59 Å². The number of benzene rings is 2. The van der Waals surface area contributed by atoms with Gasteiger partial charge in [0.05, 0.1) is 12.8 Å². The molecule has 0 saturated heterocycles. The Balaban J connectivity index is 1.35. The van der Waals surface area contributed by atoms with Crippen molar-refractivity contribution in [2.24, 2.45) is 0 Å². The number of rotatable bonds is 6. The summed E-state index contributed by atoms with van der Waals surface area (Å²) in [7, 11) is 1.54. The summed E-state index contributed by atoms with van der Waals surface area (Å²) in [5.41, 5.74) is 3.51. The molecule has 0 aliphatic carbocycles. The molecular weight excluding hydrogens is 414 g/mol. The number of nitrogens with zero attached hydrogens (tertiary/aromatic N) is 3. The summed E-state index contributed by atoms with van der Waals surface area (Å²) in [4.78, 5) is 29.6. The van der Waals surface area contributed by atoms with Crippen LogP contribution in [0.3, 0.4) is 0 Å². The van der Waals surface area contributed by atoms with Gasteiger partial charge < -0.3 is 15.4 Å². The minimum Gasteiger partial charge on any atom is -0.497 e. The zero-order valence-electron chi connectivity index (χ0n) is 17.1. The van der Waals surface area contributed by atoms with E-state index in [1.165, 1.54) is 18.4 Å². The van der Waals surface area contributed by atoms with Gasteiger partial charge >= 0.3 is 11.8 Å². The van der Waals surface area contributed by atoms with Crippen molar-refractivity contribution in [3.63, 3.8) is 0 Å². The van der Waals surface area contributed by atoms with Gasteiger partial charge in [-0.1, -0.05) is 29.8 Å². The van der Waals surface area contributed by atoms with Crippen molar-refractivity contribution >= 4 is 33.8 Å². The zero-order valence-corrected chi connectivity index (χ0v) is 17.9. The number of thiazole rings is 1. The zero-order chi connectivity index (χ0) is 21.8. The SMILES string of the molecule is COc1cccc(NC(=O)C(=O)NCCc2csc3nc(-c4cccc(C)c4)nn23)c1. The van der Waals surface area contributed by atoms with Gasteiger partial charge in [-0.25, -0.2) is 4.52 Å². The molecule has 2 heterocycles. The van der Waals surface area contributed by atoms with E-state index in [4.69, 9.17) is 4.74 Å². The second-order valence-corrected chi connectivity index (χ2v) is 7.75. The van der Waals surface area contributed by atoms with Crippen LogP contribution in [-0.4, -0.2) is 40.1 Å². The Morgan fingerprint density at radius 3 is 2.77 bits per heavy atom. The summed E-state index contributed by atoms with van der Waals surface area (Å²) in [6.45, 7) is 2.33. The molecule has 0 unspecified atom stereocenters. The van der Waals surface area contributed by atoms with Crippen molar-refractivity contribution < 1.29 is 14.3 Å². The highest BCUT2D eigenvalue weighted by atomic mass is 32.1. The van der Waals surface area contributed by atoms with Gasteiger partial charge in [-0.2, -0.15) is 4.98 Å². The Bertz CT molecular complexity index is 1250. The summed E-state index contributed by atoms with van der Waals surface area (Å²) < 4.78 is 6.89. The van der Waals surface area contributed by atoms with Crippen LogP contribution in [0.25, 0.3) is 16.3 Å². The number of hydrogen-bond acceptors (Lipinski definition) is 6. The van der Waals surface area contributed by atoms with Gasteiger partial charge in [0.1, 0.15) is 5.75 Å². The van der Waals surface area contributed by atoms with Crippen molar-refractivity contribution in [3.8, 4) is 17.1 Å². The largest absolute Gasteiger partial charge is 0.497 e. The Labute approximate surface area is 182 Å². The number of fused-ring (bicyclic) bond motifs is 1. The lowest BCUT2D eigenvalue weighted by Crippen LogP contribution is -2.36. The van der Waals surface area contributed by atoms with Gasteiger partial charge in [-0.15, -0.1) is 16.4 Å². The molecule has 2 aromatic carbocycles. The Kier molecular flexibility index (Phi) is 5.94. The molecule has 0 saturated carbocycles. The van der Waals surface area contributed by atoms with Crippen LogP contribution in [0.15, 0.2) is 53.9 Å². The van der Waals surface area contributed by atoms with Crippen LogP contribution in [0, 0.1) is 6.92 Å². The maximum Gasteiger partial charge on any atom is 0.313 e. The lowest BCUT2D eigenvalue weighted by molar-refractivity contribution is -0.136. The van der Waals surface area contributed by atoms with Crippen molar-refractivity contribution in [3.05, 3.63) is 65.2 Å². The molecule has 0 radical (unpaired) electrons. The Hall–Kier alpha value is -3.72. The van der Waals surface area contributed by atoms with E-state index in [-0.39, 0.29) is 0 Å². The highest BCUT2D eigenvalue weighted by Crippen LogP contribution is 2.22. The topological polar surface area (TPSA) is 97.6 Å². The number of aromatic nitrogens is 3. The third kappa shape index (κ3) is 4.72. The third-order valence-electron chi connectivity index (χ3n) is 4.63. The molecule has 2 N–H and O–H groups in total. The fraction of sp³-hybridized carbons (Fsp3) is 0.182. The number of nitrogens with one attached hydrogen (secondary N) is 2. The molecule has 8 nitrogen and oxygen atoms in total. The van der Waals surface area contributed by atoms with E-state index in [2.05, 4.69) is 20.7 Å². The van der Waals surface area contributed by atoms with Gasteiger partial charge in [0.25, 0.3) is 0 Å². The average Bonchev–Trinajstić information content (AvgIpc) is 3.35. The molecule has 0 spiro atoms. The van der Waals surface area contributed by atoms with E-state index in [1.807, 2.05) is 36.6 Å². The maximum atomic E-state index is 12.1. The van der Waals surface area contributed by atoms with E-state index >= 15 is 0 Å². The van der Waals surface area contributed by atoms with Gasteiger partial charge in [0.2, 0.25) is 4.96 Å². The minimum absolute atomic E-state index is 0.301. The average molecular weight is 436 g/mol. The fourth-order valence-corrected chi connectivity index (χ4v) is 3.93. The van der Waals surface area contributed by atoms with Crippen molar-refractivity contribution in [1.29, 1.82) is 0 Å². The molecule has 0 aliphatic rings. The molecule has 9 heteroatoms. The summed E-state index contributed by atoms with van der Waals surface area (Å²) in [6.07, 6.45) is 0.523. The van der Waals surface area contributed by atoms with Crippen LogP contribution in [0.2, 0.25) is 0 Å². The first kappa shape index (κ1) is 20.5. The van der Waals surface area contributed by atoms with Gasteiger partial charge in [0, 0.05) is 35.7 Å². The molecule has 0 fully saturated rings. The first-order valence-corrected chi connectivity index (χ1v) is 10.5. The van der Waals surface area contributed by atoms with Crippen molar-refractivity contribution in [2.75, 3.05) is 19.0 Å². The van der Waals surface area contributed by atoms with Crippen LogP contribution >= 0.6 is 11.3 Å². The molecule has 0 aliphatic heterocycles. The van der Waals surface area contributed by atoms with Crippen LogP contribution in [-0.2, 0) is 16.0 Å². The molecule has 0 atom stereocenters. The molecule has 158 valence electrons. The molecule has 31 heavy (non-hydrogen) atoms. The van der Waals surface area contributed by atoms with Crippen LogP contribution in [0.1, 0.15) is 11.3 Å². The van der Waals surface area contributed by atoms with E-state index in [0.29, 0.717) is 30.2 Å². The Morgan fingerprint density at radius 1 is 1.13 bits per heavy atom. The second kappa shape index (κ2) is 8.97. The number of carbonyl (C=O) groups excluding carboxylic acids is 2. The van der Waals surface area contributed by atoms with Gasteiger partial charge in [-0.05, 0) is 25.1 Å². The number of methoxy groups -OCH3 is 1. The first-order chi connectivity index (χ1) is 15.0. The highest BCUT2D eigenvalue weighted by molar-refractivity contribution is 7.15. The van der Waals surface area contributed by atoms with Crippen molar-refractivity contribution in [1.82, 2.24) is 19.9 Å². The lowest BCUT2D eigenvalue weighted by atomic mass is 10.1. The van der Waals surface area contributed by atoms with E-state index in [1.54, 1.807) is 28.8 Å². The Morgan fingerprint density at radius 2 is 1.97 bits per heavy atom. The first-order valence-electron chi connectivity index (χ1n) is 9.67. The molecule has 2 aromatic heterocycles. The van der Waals surface area contributed by atoms with E-state index in [9.17, 15) is 9.59 Å². The third-order valence-corrected chi connectivity index (χ3v) is 5.49. The monoisotopic (exact) mass is 435 g/mol. The molecule has 0 bridgehead atoms. The normalized spacial score (nSPS) is 10.8. The van der Waals surface area contributed by atoms with Crippen molar-refractivity contribution in [2.45, 2.75) is 13.3 Å². The molecule has 4 rings (SSSR count). The number of amides is 2. The van der Waals surface area contributed by atoms with E-state index in [0.717, 1.165) is 21.8 Å². The quantitative estimate of drug-likeness (QED) is 0.454. The summed E-state index contributed by atoms with van der Waals surface area (Å²) in [5, 5.41) is 11.8. The molecule has 2 amide bonds. The standard InChI is InChI=1S/C22H21N5O3S/c1-14-5-3-6-15(11-14)19-25-22-27(26-19)17(13-31-22)9-10-23-20(28)21(29)24-16-7-4-8-18(12-16)30-2/h3-8,11-13H,9-10H2,1-2H3,(H,23,28)(H,24,29). The number of carbonyl (C=O) groups is 2. The predicted octanol–water partition coefficient (Wildman–Crippen LogP) is 3.07. The number of aryl methyl sites for hydroxylation is 1. The lowest BCUT2D eigenvalue weighted by Gasteiger charge is -2.07. The van der Waals surface area contributed by atoms with Crippen LogP contribution < -0.4 is 15.4 Å². The summed E-state index contributed by atoms with van der Waals surface area (Å²) in [5.74, 6) is -0.171. The smallest absolute Gasteiger partial charge is 0.313 e. The number of hydrogen-bond donors (Lipinski definition) is 2. The predicted molar refractivity (Wildman–Crippen MR) is 119 cm³/mol. The second-order valence-electron chi connectivity index (χ2n) is 6.92. The van der Waals surface area contributed by atoms with Crippen LogP contribution in [0.4, 0.5) is 5.69 Å². The minimum atomic E-state index is -0.730. The van der Waals surface area contributed by atoms with Crippen LogP contribution in [0.5, 0.6) is 5.75 Å².